The first-order valence-electron chi connectivity index (χ1n) is 15.8. The van der Waals surface area contributed by atoms with Gasteiger partial charge in [-0.25, -0.2) is 0 Å². The first-order chi connectivity index (χ1) is 23.9. The lowest BCUT2D eigenvalue weighted by molar-refractivity contribution is 0.391. The van der Waals surface area contributed by atoms with Crippen molar-refractivity contribution in [1.82, 2.24) is 0 Å². The van der Waals surface area contributed by atoms with E-state index in [1.165, 1.54) is 0 Å². The summed E-state index contributed by atoms with van der Waals surface area (Å²) in [7, 11) is -2.23. The molecule has 0 aliphatic carbocycles. The Morgan fingerprint density at radius 3 is 1.24 bits per heavy atom. The second kappa shape index (κ2) is 12.9. The van der Waals surface area contributed by atoms with E-state index >= 15 is 0 Å². The monoisotopic (exact) mass is 686 g/mol. The molecule has 2 heterocycles. The number of rotatable bonds is 6. The first kappa shape index (κ1) is 30.8. The highest BCUT2D eigenvalue weighted by molar-refractivity contribution is 7.32. The SMILES string of the molecule is COc1cc(C)cc(-c2cc(C)cc(C)c2Op2oc3ccccc3c3ccccc3o2)c1Op1oc2ccccc2c2ccccc2o1. The standard InChI is InChI=1S/C40H32O7P2/c1-25-21-27(3)39(46-48-42-34-17-9-5-13-28(34)29-14-6-10-18-35(29)43-48)32(22-25)33-23-26(2)24-38(41-4)40(33)47-49-44-36-19-11-7-15-30(36)31-16-8-12-20-37(31)45-49/h5-24H,1-4H3. The summed E-state index contributed by atoms with van der Waals surface area (Å²) >= 11 is 0. The molecule has 6 aromatic carbocycles. The Kier molecular flexibility index (Phi) is 8.09. The van der Waals surface area contributed by atoms with Crippen molar-refractivity contribution in [3.8, 4) is 28.4 Å². The summed E-state index contributed by atoms with van der Waals surface area (Å²) in [5, 5.41) is 3.75. The molecule has 8 aromatic rings. The maximum atomic E-state index is 6.76. The lowest BCUT2D eigenvalue weighted by atomic mass is 9.97. The van der Waals surface area contributed by atoms with Crippen molar-refractivity contribution in [3.63, 3.8) is 0 Å². The second-order valence-corrected chi connectivity index (χ2v) is 13.8. The van der Waals surface area contributed by atoms with E-state index in [4.69, 9.17) is 30.6 Å². The van der Waals surface area contributed by atoms with Gasteiger partial charge in [0.2, 0.25) is 0 Å². The molecule has 0 aliphatic heterocycles. The fourth-order valence-corrected chi connectivity index (χ4v) is 8.35. The maximum absolute atomic E-state index is 6.76. The third-order valence-corrected chi connectivity index (χ3v) is 10.3. The number of hydrogen-bond acceptors (Lipinski definition) is 7. The van der Waals surface area contributed by atoms with Crippen molar-refractivity contribution >= 4 is 60.4 Å². The zero-order valence-electron chi connectivity index (χ0n) is 27.3. The number of benzene rings is 6. The number of fused-ring (bicyclic) bond motifs is 6. The van der Waals surface area contributed by atoms with Crippen LogP contribution in [0.1, 0.15) is 16.7 Å². The Morgan fingerprint density at radius 1 is 0.449 bits per heavy atom. The zero-order chi connectivity index (χ0) is 33.5. The zero-order valence-corrected chi connectivity index (χ0v) is 29.1. The number of ether oxygens (including phenoxy) is 1. The van der Waals surface area contributed by atoms with Crippen molar-refractivity contribution in [2.24, 2.45) is 0 Å². The van der Waals surface area contributed by atoms with Crippen molar-refractivity contribution in [3.05, 3.63) is 138 Å². The maximum Gasteiger partial charge on any atom is 0.453 e. The molecule has 244 valence electrons. The van der Waals surface area contributed by atoms with Gasteiger partial charge in [0.05, 0.1) is 7.11 Å². The number of aryl methyl sites for hydroxylation is 3. The van der Waals surface area contributed by atoms with Gasteiger partial charge in [-0.15, -0.1) is 0 Å². The molecule has 0 amide bonds. The molecule has 0 saturated heterocycles. The highest BCUT2D eigenvalue weighted by atomic mass is 31.1. The Labute approximate surface area is 284 Å². The minimum absolute atomic E-state index is 0.470. The minimum atomic E-state index is -1.96. The Morgan fingerprint density at radius 2 is 0.816 bits per heavy atom. The number of hydrogen-bond donors (Lipinski definition) is 0. The molecule has 0 saturated carbocycles. The van der Waals surface area contributed by atoms with Crippen LogP contribution in [0.3, 0.4) is 0 Å². The summed E-state index contributed by atoms with van der Waals surface area (Å²) in [5.74, 6) is 1.62. The van der Waals surface area contributed by atoms with Gasteiger partial charge in [0.25, 0.3) is 0 Å². The largest absolute Gasteiger partial charge is 0.493 e. The van der Waals surface area contributed by atoms with Gasteiger partial charge in [0.15, 0.2) is 11.5 Å². The summed E-state index contributed by atoms with van der Waals surface area (Å²) in [6, 6.07) is 39.7. The van der Waals surface area contributed by atoms with Gasteiger partial charge in [0.1, 0.15) is 28.1 Å². The van der Waals surface area contributed by atoms with Gasteiger partial charge in [-0.2, -0.15) is 0 Å². The van der Waals surface area contributed by atoms with Crippen molar-refractivity contribution < 1.29 is 30.6 Å². The highest BCUT2D eigenvalue weighted by Crippen LogP contribution is 2.50. The van der Waals surface area contributed by atoms with E-state index in [2.05, 4.69) is 25.1 Å². The molecule has 0 aliphatic rings. The molecule has 8 rings (SSSR count). The van der Waals surface area contributed by atoms with Crippen LogP contribution in [-0.4, -0.2) is 7.11 Å². The van der Waals surface area contributed by atoms with Crippen LogP contribution in [0.15, 0.2) is 138 Å². The molecule has 0 bridgehead atoms. The van der Waals surface area contributed by atoms with E-state index in [1.807, 2.05) is 117 Å². The molecule has 0 atom stereocenters. The summed E-state index contributed by atoms with van der Waals surface area (Å²) in [4.78, 5) is 0. The van der Waals surface area contributed by atoms with Crippen molar-refractivity contribution in [2.45, 2.75) is 20.8 Å². The van der Waals surface area contributed by atoms with Crippen LogP contribution in [0.4, 0.5) is 0 Å². The third-order valence-electron chi connectivity index (χ3n) is 8.28. The second-order valence-electron chi connectivity index (χ2n) is 11.8. The van der Waals surface area contributed by atoms with Gasteiger partial charge in [-0.3, -0.25) is 0 Å². The molecule has 0 spiro atoms. The number of methoxy groups -OCH3 is 1. The Balaban J connectivity index is 1.33. The fraction of sp³-hybridized carbons (Fsp3) is 0.100. The van der Waals surface area contributed by atoms with Gasteiger partial charge in [-0.1, -0.05) is 78.9 Å². The van der Waals surface area contributed by atoms with E-state index in [0.29, 0.717) is 39.6 Å². The molecule has 9 heteroatoms. The summed E-state index contributed by atoms with van der Waals surface area (Å²) in [5.41, 5.74) is 7.22. The van der Waals surface area contributed by atoms with Crippen molar-refractivity contribution in [1.29, 1.82) is 0 Å². The molecule has 49 heavy (non-hydrogen) atoms. The number of para-hydroxylation sites is 4. The van der Waals surface area contributed by atoms with Crippen LogP contribution >= 0.6 is 16.5 Å². The lowest BCUT2D eigenvalue weighted by Gasteiger charge is -2.18. The van der Waals surface area contributed by atoms with E-state index in [9.17, 15) is 0 Å². The average Bonchev–Trinajstić information content (AvgIpc) is 3.37. The molecule has 0 radical (unpaired) electrons. The van der Waals surface area contributed by atoms with E-state index in [0.717, 1.165) is 49.4 Å². The van der Waals surface area contributed by atoms with E-state index in [1.54, 1.807) is 7.11 Å². The summed E-state index contributed by atoms with van der Waals surface area (Å²) in [6.45, 7) is 6.09. The van der Waals surface area contributed by atoms with E-state index in [-0.39, 0.29) is 0 Å². The van der Waals surface area contributed by atoms with Crippen LogP contribution in [0, 0.1) is 20.8 Å². The summed E-state index contributed by atoms with van der Waals surface area (Å²) < 4.78 is 45.2. The van der Waals surface area contributed by atoms with Gasteiger partial charge in [0, 0.05) is 32.7 Å². The molecular weight excluding hydrogens is 654 g/mol. The smallest absolute Gasteiger partial charge is 0.453 e. The molecule has 2 aromatic heterocycles. The predicted octanol–water partition coefficient (Wildman–Crippen LogP) is 13.2. The highest BCUT2D eigenvalue weighted by Gasteiger charge is 2.23. The van der Waals surface area contributed by atoms with Crippen LogP contribution < -0.4 is 13.8 Å². The molecule has 7 nitrogen and oxygen atoms in total. The predicted molar refractivity (Wildman–Crippen MR) is 197 cm³/mol. The molecular formula is C40H32O7P2. The van der Waals surface area contributed by atoms with Crippen LogP contribution in [0.5, 0.6) is 17.2 Å². The van der Waals surface area contributed by atoms with Crippen LogP contribution in [0.2, 0.25) is 0 Å². The molecule has 0 N–H and O–H groups in total. The topological polar surface area (TPSA) is 80.2 Å². The van der Waals surface area contributed by atoms with Gasteiger partial charge in [-0.05, 0) is 79.9 Å². The fourth-order valence-electron chi connectivity index (χ4n) is 6.12. The quantitative estimate of drug-likeness (QED) is 0.172. The molecule has 0 fully saturated rings. The molecule has 0 unspecified atom stereocenters. The van der Waals surface area contributed by atoms with E-state index < -0.39 is 16.5 Å². The third kappa shape index (κ3) is 5.93. The lowest BCUT2D eigenvalue weighted by Crippen LogP contribution is -1.96. The van der Waals surface area contributed by atoms with Crippen LogP contribution in [0.25, 0.3) is 55.0 Å². The normalized spacial score (nSPS) is 11.3. The average molecular weight is 687 g/mol. The Hall–Kier alpha value is -5.48. The van der Waals surface area contributed by atoms with Crippen molar-refractivity contribution in [2.75, 3.05) is 7.11 Å². The first-order valence-corrected chi connectivity index (χ1v) is 18.0. The van der Waals surface area contributed by atoms with Gasteiger partial charge < -0.3 is 30.6 Å². The minimum Gasteiger partial charge on any atom is -0.493 e. The summed E-state index contributed by atoms with van der Waals surface area (Å²) in [6.07, 6.45) is 0. The van der Waals surface area contributed by atoms with Gasteiger partial charge >= 0.3 is 16.5 Å². The Bertz CT molecular complexity index is 2490. The van der Waals surface area contributed by atoms with Crippen LogP contribution in [-0.2, 0) is 0 Å².